The van der Waals surface area contributed by atoms with Gasteiger partial charge in [-0.15, -0.1) is 10.2 Å². The van der Waals surface area contributed by atoms with Crippen LogP contribution in [0.15, 0.2) is 48.5 Å². The van der Waals surface area contributed by atoms with E-state index in [1.807, 2.05) is 48.7 Å². The van der Waals surface area contributed by atoms with Gasteiger partial charge in [0.2, 0.25) is 0 Å². The van der Waals surface area contributed by atoms with Gasteiger partial charge in [0, 0.05) is 11.1 Å². The van der Waals surface area contributed by atoms with Crippen LogP contribution in [0, 0.1) is 0 Å². The van der Waals surface area contributed by atoms with E-state index in [0.717, 1.165) is 22.6 Å². The first-order valence-corrected chi connectivity index (χ1v) is 9.89. The van der Waals surface area contributed by atoms with Crippen LogP contribution in [0.25, 0.3) is 11.1 Å². The van der Waals surface area contributed by atoms with Crippen LogP contribution in [0.4, 0.5) is 0 Å². The summed E-state index contributed by atoms with van der Waals surface area (Å²) in [5, 5.41) is 17.1. The number of nitrogens with one attached hydrogen (secondary N) is 2. The van der Waals surface area contributed by atoms with Crippen LogP contribution in [-0.2, 0) is 0 Å². The predicted molar refractivity (Wildman–Crippen MR) is 106 cm³/mol. The third-order valence-electron chi connectivity index (χ3n) is 4.14. The number of tetrazole rings is 1. The number of methoxy groups -OCH3 is 1. The third kappa shape index (κ3) is 4.65. The van der Waals surface area contributed by atoms with Gasteiger partial charge in [-0.1, -0.05) is 35.5 Å². The molecule has 0 aliphatic rings. The van der Waals surface area contributed by atoms with Gasteiger partial charge >= 0.3 is 0 Å². The standard InChI is InChI=1S/C19H21N5O2S/c1-26-17-9-8-14(12-15(17)13-6-4-3-5-7-13)19(25)20-16(10-11-27-2)18-21-23-24-22-18/h3-9,12,16H,10-11H2,1-2H3,(H,20,25)(H,21,22,23,24)/t16-/m0/s1. The molecule has 2 aromatic carbocycles. The van der Waals surface area contributed by atoms with E-state index in [4.69, 9.17) is 4.74 Å². The number of benzene rings is 2. The molecule has 0 saturated carbocycles. The number of H-pyrrole nitrogens is 1. The Balaban J connectivity index is 1.85. The number of nitrogens with zero attached hydrogens (tertiary/aromatic N) is 3. The first kappa shape index (κ1) is 18.9. The number of amides is 1. The van der Waals surface area contributed by atoms with Crippen LogP contribution in [-0.4, -0.2) is 45.6 Å². The minimum Gasteiger partial charge on any atom is -0.496 e. The zero-order chi connectivity index (χ0) is 19.1. The smallest absolute Gasteiger partial charge is 0.251 e. The fraction of sp³-hybridized carbons (Fsp3) is 0.263. The summed E-state index contributed by atoms with van der Waals surface area (Å²) in [5.41, 5.74) is 2.40. The Bertz CT molecular complexity index is 871. The third-order valence-corrected chi connectivity index (χ3v) is 4.78. The van der Waals surface area contributed by atoms with Crippen molar-refractivity contribution in [2.45, 2.75) is 12.5 Å². The Morgan fingerprint density at radius 1 is 1.26 bits per heavy atom. The number of carbonyl (C=O) groups excluding carboxylic acids is 1. The second kappa shape index (κ2) is 9.18. The molecular formula is C19H21N5O2S. The molecule has 1 amide bonds. The summed E-state index contributed by atoms with van der Waals surface area (Å²) in [4.78, 5) is 12.9. The average Bonchev–Trinajstić information content (AvgIpc) is 3.26. The second-order valence-electron chi connectivity index (χ2n) is 5.86. The highest BCUT2D eigenvalue weighted by molar-refractivity contribution is 7.98. The predicted octanol–water partition coefficient (Wildman–Crippen LogP) is 3.10. The maximum atomic E-state index is 12.9. The lowest BCUT2D eigenvalue weighted by Crippen LogP contribution is -2.30. The molecule has 27 heavy (non-hydrogen) atoms. The zero-order valence-corrected chi connectivity index (χ0v) is 16.0. The molecule has 0 unspecified atom stereocenters. The minimum absolute atomic E-state index is 0.189. The topological polar surface area (TPSA) is 92.8 Å². The molecule has 3 rings (SSSR count). The number of hydrogen-bond donors (Lipinski definition) is 2. The molecule has 0 fully saturated rings. The Labute approximate surface area is 161 Å². The number of aromatic amines is 1. The monoisotopic (exact) mass is 383 g/mol. The lowest BCUT2D eigenvalue weighted by atomic mass is 10.0. The molecule has 3 aromatic rings. The van der Waals surface area contributed by atoms with E-state index in [1.165, 1.54) is 0 Å². The van der Waals surface area contributed by atoms with Crippen molar-refractivity contribution in [2.75, 3.05) is 19.1 Å². The van der Waals surface area contributed by atoms with Crippen molar-refractivity contribution in [3.63, 3.8) is 0 Å². The van der Waals surface area contributed by atoms with Crippen LogP contribution >= 0.6 is 11.8 Å². The SMILES string of the molecule is COc1ccc(C(=O)N[C@@H](CCSC)c2nn[nH]n2)cc1-c1ccccc1. The Morgan fingerprint density at radius 3 is 2.74 bits per heavy atom. The Morgan fingerprint density at radius 2 is 2.07 bits per heavy atom. The molecule has 1 aromatic heterocycles. The van der Waals surface area contributed by atoms with Crippen molar-refractivity contribution in [3.8, 4) is 16.9 Å². The summed E-state index contributed by atoms with van der Waals surface area (Å²) in [6.07, 6.45) is 2.73. The normalized spacial score (nSPS) is 11.8. The van der Waals surface area contributed by atoms with E-state index >= 15 is 0 Å². The first-order chi connectivity index (χ1) is 13.2. The molecule has 0 spiro atoms. The number of thioether (sulfide) groups is 1. The summed E-state index contributed by atoms with van der Waals surface area (Å²) in [7, 11) is 1.62. The highest BCUT2D eigenvalue weighted by atomic mass is 32.2. The molecule has 140 valence electrons. The summed E-state index contributed by atoms with van der Waals surface area (Å²) in [6.45, 7) is 0. The van der Waals surface area contributed by atoms with Gasteiger partial charge in [-0.25, -0.2) is 0 Å². The first-order valence-electron chi connectivity index (χ1n) is 8.49. The number of aromatic nitrogens is 4. The average molecular weight is 383 g/mol. The highest BCUT2D eigenvalue weighted by Gasteiger charge is 2.20. The van der Waals surface area contributed by atoms with E-state index < -0.39 is 0 Å². The zero-order valence-electron chi connectivity index (χ0n) is 15.2. The molecule has 0 radical (unpaired) electrons. The summed E-state index contributed by atoms with van der Waals surface area (Å²) in [6, 6.07) is 14.9. The van der Waals surface area contributed by atoms with Gasteiger partial charge in [-0.2, -0.15) is 17.0 Å². The summed E-state index contributed by atoms with van der Waals surface area (Å²) in [5.74, 6) is 1.88. The van der Waals surface area contributed by atoms with Crippen molar-refractivity contribution < 1.29 is 9.53 Å². The van der Waals surface area contributed by atoms with Gasteiger partial charge < -0.3 is 10.1 Å². The van der Waals surface area contributed by atoms with Crippen molar-refractivity contribution in [3.05, 3.63) is 59.9 Å². The van der Waals surface area contributed by atoms with Gasteiger partial charge in [-0.3, -0.25) is 4.79 Å². The van der Waals surface area contributed by atoms with Crippen LogP contribution in [0.1, 0.15) is 28.6 Å². The molecule has 1 atom stereocenters. The molecule has 2 N–H and O–H groups in total. The quantitative estimate of drug-likeness (QED) is 0.621. The number of carbonyl (C=O) groups is 1. The number of ether oxygens (including phenoxy) is 1. The second-order valence-corrected chi connectivity index (χ2v) is 6.84. The molecule has 0 aliphatic heterocycles. The van der Waals surface area contributed by atoms with Crippen molar-refractivity contribution in [2.24, 2.45) is 0 Å². The number of rotatable bonds is 8. The van der Waals surface area contributed by atoms with Gasteiger partial charge in [0.05, 0.1) is 13.2 Å². The van der Waals surface area contributed by atoms with Crippen molar-refractivity contribution >= 4 is 17.7 Å². The molecule has 7 nitrogen and oxygen atoms in total. The van der Waals surface area contributed by atoms with Gasteiger partial charge in [-0.05, 0) is 42.2 Å². The van der Waals surface area contributed by atoms with E-state index in [0.29, 0.717) is 17.8 Å². The maximum Gasteiger partial charge on any atom is 0.251 e. The Kier molecular flexibility index (Phi) is 6.43. The van der Waals surface area contributed by atoms with E-state index in [1.54, 1.807) is 24.9 Å². The van der Waals surface area contributed by atoms with Crippen molar-refractivity contribution in [1.82, 2.24) is 25.9 Å². The van der Waals surface area contributed by atoms with Crippen LogP contribution < -0.4 is 10.1 Å². The molecule has 0 bridgehead atoms. The number of hydrogen-bond acceptors (Lipinski definition) is 6. The molecule has 0 saturated heterocycles. The molecule has 8 heteroatoms. The van der Waals surface area contributed by atoms with E-state index in [9.17, 15) is 4.79 Å². The molecule has 0 aliphatic carbocycles. The summed E-state index contributed by atoms with van der Waals surface area (Å²) >= 11 is 1.70. The van der Waals surface area contributed by atoms with Gasteiger partial charge in [0.25, 0.3) is 5.91 Å². The minimum atomic E-state index is -0.300. The fourth-order valence-electron chi connectivity index (χ4n) is 2.75. The van der Waals surface area contributed by atoms with Crippen LogP contribution in [0.5, 0.6) is 5.75 Å². The molecular weight excluding hydrogens is 362 g/mol. The highest BCUT2D eigenvalue weighted by Crippen LogP contribution is 2.31. The lowest BCUT2D eigenvalue weighted by Gasteiger charge is -2.16. The fourth-order valence-corrected chi connectivity index (χ4v) is 3.22. The van der Waals surface area contributed by atoms with Crippen molar-refractivity contribution in [1.29, 1.82) is 0 Å². The molecule has 1 heterocycles. The van der Waals surface area contributed by atoms with E-state index in [-0.39, 0.29) is 11.9 Å². The lowest BCUT2D eigenvalue weighted by molar-refractivity contribution is 0.0934. The van der Waals surface area contributed by atoms with Crippen LogP contribution in [0.2, 0.25) is 0 Å². The Hall–Kier alpha value is -2.87. The largest absolute Gasteiger partial charge is 0.496 e. The van der Waals surface area contributed by atoms with E-state index in [2.05, 4.69) is 25.9 Å². The van der Waals surface area contributed by atoms with Gasteiger partial charge in [0.15, 0.2) is 5.82 Å². The van der Waals surface area contributed by atoms with Gasteiger partial charge in [0.1, 0.15) is 5.75 Å². The van der Waals surface area contributed by atoms with Crippen LogP contribution in [0.3, 0.4) is 0 Å². The summed E-state index contributed by atoms with van der Waals surface area (Å²) < 4.78 is 5.46. The maximum absolute atomic E-state index is 12.9.